The summed E-state index contributed by atoms with van der Waals surface area (Å²) < 4.78 is 27.5. The topological polar surface area (TPSA) is 88.2 Å². The maximum absolute atomic E-state index is 12.5. The fourth-order valence-corrected chi connectivity index (χ4v) is 5.42. The van der Waals surface area contributed by atoms with Gasteiger partial charge in [-0.1, -0.05) is 17.7 Å². The Kier molecular flexibility index (Phi) is 6.17. The lowest BCUT2D eigenvalue weighted by atomic mass is 10.2. The van der Waals surface area contributed by atoms with Gasteiger partial charge in [-0.05, 0) is 54.8 Å². The van der Waals surface area contributed by atoms with Gasteiger partial charge in [0.1, 0.15) is 5.01 Å². The van der Waals surface area contributed by atoms with E-state index in [-0.39, 0.29) is 17.2 Å². The Morgan fingerprint density at radius 3 is 2.35 bits per heavy atom. The van der Waals surface area contributed by atoms with Crippen molar-refractivity contribution in [3.63, 3.8) is 0 Å². The van der Waals surface area contributed by atoms with Crippen LogP contribution in [0.1, 0.15) is 11.3 Å². The van der Waals surface area contributed by atoms with E-state index in [1.54, 1.807) is 59.9 Å². The van der Waals surface area contributed by atoms with Gasteiger partial charge in [-0.2, -0.15) is 11.3 Å². The van der Waals surface area contributed by atoms with Crippen molar-refractivity contribution in [1.82, 2.24) is 4.98 Å². The van der Waals surface area contributed by atoms with Crippen molar-refractivity contribution < 1.29 is 13.2 Å². The standard InChI is InChI=1S/C22H19N3O3S3/c1-15-2-8-20(9-3-15)31(27,28)25-18-6-4-17(5-7-18)23-21(26)12-19-14-30-22(24-19)16-10-11-29-13-16/h2-11,13-14,25H,12H2,1H3,(H,23,26). The zero-order chi connectivity index (χ0) is 21.8. The summed E-state index contributed by atoms with van der Waals surface area (Å²) in [5.74, 6) is -0.185. The van der Waals surface area contributed by atoms with Crippen molar-refractivity contribution in [2.75, 3.05) is 10.0 Å². The summed E-state index contributed by atoms with van der Waals surface area (Å²) in [7, 11) is -3.67. The van der Waals surface area contributed by atoms with Crippen LogP contribution < -0.4 is 10.0 Å². The average Bonchev–Trinajstić information content (AvgIpc) is 3.41. The van der Waals surface area contributed by atoms with Crippen molar-refractivity contribution >= 4 is 50.0 Å². The minimum absolute atomic E-state index is 0.169. The second kappa shape index (κ2) is 9.01. The Hall–Kier alpha value is -3.01. The summed E-state index contributed by atoms with van der Waals surface area (Å²) in [5.41, 5.74) is 3.76. The first-order valence-electron chi connectivity index (χ1n) is 9.35. The van der Waals surface area contributed by atoms with Gasteiger partial charge in [0, 0.05) is 27.7 Å². The molecule has 0 bridgehead atoms. The van der Waals surface area contributed by atoms with Crippen LogP contribution >= 0.6 is 22.7 Å². The van der Waals surface area contributed by atoms with Gasteiger partial charge in [-0.15, -0.1) is 11.3 Å². The van der Waals surface area contributed by atoms with E-state index in [0.717, 1.165) is 16.1 Å². The second-order valence-electron chi connectivity index (χ2n) is 6.88. The predicted octanol–water partition coefficient (Wildman–Crippen LogP) is 5.16. The lowest BCUT2D eigenvalue weighted by molar-refractivity contribution is -0.115. The van der Waals surface area contributed by atoms with Crippen LogP contribution in [0.2, 0.25) is 0 Å². The molecule has 0 spiro atoms. The first-order valence-corrected chi connectivity index (χ1v) is 12.7. The third-order valence-electron chi connectivity index (χ3n) is 4.41. The molecule has 0 aliphatic carbocycles. The van der Waals surface area contributed by atoms with E-state index in [1.165, 1.54) is 11.3 Å². The highest BCUT2D eigenvalue weighted by molar-refractivity contribution is 7.92. The molecular weight excluding hydrogens is 450 g/mol. The second-order valence-corrected chi connectivity index (χ2v) is 10.2. The first kappa shape index (κ1) is 21.2. The summed E-state index contributed by atoms with van der Waals surface area (Å²) in [6, 6.07) is 15.2. The number of thiazole rings is 1. The minimum Gasteiger partial charge on any atom is -0.326 e. The molecule has 2 aromatic heterocycles. The van der Waals surface area contributed by atoms with Crippen molar-refractivity contribution in [2.45, 2.75) is 18.2 Å². The molecule has 0 radical (unpaired) electrons. The number of sulfonamides is 1. The quantitative estimate of drug-likeness (QED) is 0.391. The summed E-state index contributed by atoms with van der Waals surface area (Å²) in [6.07, 6.45) is 0.169. The maximum atomic E-state index is 12.5. The van der Waals surface area contributed by atoms with Crippen LogP contribution in [0.25, 0.3) is 10.6 Å². The van der Waals surface area contributed by atoms with Gasteiger partial charge in [0.25, 0.3) is 10.0 Å². The Bertz CT molecular complexity index is 1280. The molecule has 2 heterocycles. The van der Waals surface area contributed by atoms with E-state index in [0.29, 0.717) is 17.1 Å². The number of hydrogen-bond donors (Lipinski definition) is 2. The van der Waals surface area contributed by atoms with Crippen LogP contribution in [0.5, 0.6) is 0 Å². The van der Waals surface area contributed by atoms with Crippen LogP contribution in [0.4, 0.5) is 11.4 Å². The smallest absolute Gasteiger partial charge is 0.261 e. The molecular formula is C22H19N3O3S3. The number of carbonyl (C=O) groups is 1. The zero-order valence-electron chi connectivity index (χ0n) is 16.5. The summed E-state index contributed by atoms with van der Waals surface area (Å²) in [6.45, 7) is 1.90. The Morgan fingerprint density at radius 2 is 1.68 bits per heavy atom. The Morgan fingerprint density at radius 1 is 0.968 bits per heavy atom. The average molecular weight is 470 g/mol. The zero-order valence-corrected chi connectivity index (χ0v) is 19.0. The number of aromatic nitrogens is 1. The fraction of sp³-hybridized carbons (Fsp3) is 0.0909. The number of rotatable bonds is 7. The van der Waals surface area contributed by atoms with Gasteiger partial charge in [-0.25, -0.2) is 13.4 Å². The number of nitrogens with one attached hydrogen (secondary N) is 2. The highest BCUT2D eigenvalue weighted by atomic mass is 32.2. The molecule has 0 atom stereocenters. The van der Waals surface area contributed by atoms with E-state index < -0.39 is 10.0 Å². The summed E-state index contributed by atoms with van der Waals surface area (Å²) in [5, 5.41) is 9.61. The van der Waals surface area contributed by atoms with Gasteiger partial charge >= 0.3 is 0 Å². The number of nitrogens with zero attached hydrogens (tertiary/aromatic N) is 1. The molecule has 0 saturated heterocycles. The molecule has 0 aliphatic rings. The molecule has 1 amide bonds. The number of benzene rings is 2. The molecule has 0 fully saturated rings. The lowest BCUT2D eigenvalue weighted by Gasteiger charge is -2.10. The number of carbonyl (C=O) groups excluding carboxylic acids is 1. The third-order valence-corrected chi connectivity index (χ3v) is 7.43. The molecule has 158 valence electrons. The monoisotopic (exact) mass is 469 g/mol. The molecule has 2 N–H and O–H groups in total. The molecule has 6 nitrogen and oxygen atoms in total. The predicted molar refractivity (Wildman–Crippen MR) is 126 cm³/mol. The van der Waals surface area contributed by atoms with E-state index in [1.807, 2.05) is 29.1 Å². The van der Waals surface area contributed by atoms with Crippen LogP contribution in [0.3, 0.4) is 0 Å². The number of anilines is 2. The van der Waals surface area contributed by atoms with Crippen LogP contribution in [-0.2, 0) is 21.2 Å². The summed E-state index contributed by atoms with van der Waals surface area (Å²) >= 11 is 3.12. The largest absolute Gasteiger partial charge is 0.326 e. The van der Waals surface area contributed by atoms with Crippen LogP contribution in [0.15, 0.2) is 75.6 Å². The Balaban J connectivity index is 1.36. The van der Waals surface area contributed by atoms with Gasteiger partial charge in [-0.3, -0.25) is 9.52 Å². The number of hydrogen-bond acceptors (Lipinski definition) is 6. The molecule has 4 rings (SSSR count). The van der Waals surface area contributed by atoms with Crippen LogP contribution in [0, 0.1) is 6.92 Å². The highest BCUT2D eigenvalue weighted by Gasteiger charge is 2.14. The Labute approximate surface area is 188 Å². The van der Waals surface area contributed by atoms with E-state index >= 15 is 0 Å². The van der Waals surface area contributed by atoms with E-state index in [4.69, 9.17) is 0 Å². The van der Waals surface area contributed by atoms with Crippen LogP contribution in [-0.4, -0.2) is 19.3 Å². The highest BCUT2D eigenvalue weighted by Crippen LogP contribution is 2.26. The number of thiophene rings is 1. The fourth-order valence-electron chi connectivity index (χ4n) is 2.83. The SMILES string of the molecule is Cc1ccc(S(=O)(=O)Nc2ccc(NC(=O)Cc3csc(-c4ccsc4)n3)cc2)cc1. The molecule has 4 aromatic rings. The van der Waals surface area contributed by atoms with E-state index in [9.17, 15) is 13.2 Å². The maximum Gasteiger partial charge on any atom is 0.261 e. The van der Waals surface area contributed by atoms with Gasteiger partial charge in [0.05, 0.1) is 17.0 Å². The summed E-state index contributed by atoms with van der Waals surface area (Å²) in [4.78, 5) is 17.1. The number of aryl methyl sites for hydroxylation is 1. The normalized spacial score (nSPS) is 11.3. The van der Waals surface area contributed by atoms with E-state index in [2.05, 4.69) is 15.0 Å². The molecule has 0 saturated carbocycles. The van der Waals surface area contributed by atoms with Gasteiger partial charge < -0.3 is 5.32 Å². The minimum atomic E-state index is -3.67. The molecule has 31 heavy (non-hydrogen) atoms. The third kappa shape index (κ3) is 5.38. The van der Waals surface area contributed by atoms with Gasteiger partial charge in [0.15, 0.2) is 0 Å². The van der Waals surface area contributed by atoms with Gasteiger partial charge in [0.2, 0.25) is 5.91 Å². The molecule has 9 heteroatoms. The lowest BCUT2D eigenvalue weighted by Crippen LogP contribution is -2.15. The van der Waals surface area contributed by atoms with Crippen molar-refractivity contribution in [3.05, 3.63) is 82.0 Å². The molecule has 2 aromatic carbocycles. The molecule has 0 aliphatic heterocycles. The number of amides is 1. The van der Waals surface area contributed by atoms with Crippen molar-refractivity contribution in [3.8, 4) is 10.6 Å². The first-order chi connectivity index (χ1) is 14.9. The van der Waals surface area contributed by atoms with Crippen molar-refractivity contribution in [2.24, 2.45) is 0 Å². The van der Waals surface area contributed by atoms with Crippen molar-refractivity contribution in [1.29, 1.82) is 0 Å². The molecule has 0 unspecified atom stereocenters.